The Morgan fingerprint density at radius 3 is 2.15 bits per heavy atom. The third-order valence-corrected chi connectivity index (χ3v) is 9.86. The third kappa shape index (κ3) is 11.3. The van der Waals surface area contributed by atoms with Crippen molar-refractivity contribution in [3.8, 4) is 22.5 Å². The van der Waals surface area contributed by atoms with Gasteiger partial charge in [0.1, 0.15) is 42.7 Å². The van der Waals surface area contributed by atoms with Crippen LogP contribution < -0.4 is 21.3 Å². The fraction of sp³-hybridized carbons (Fsp3) is 0.383. The fourth-order valence-corrected chi connectivity index (χ4v) is 6.66. The second-order valence-electron chi connectivity index (χ2n) is 15.6. The van der Waals surface area contributed by atoms with Gasteiger partial charge in [0.25, 0.3) is 0 Å². The smallest absolute Gasteiger partial charge is 0.408 e. The standard InChI is InChI=1S/C47H56N4O8/c1-10-28(4)43(51-46(55)59-47(7,8)9)44(53)50-25-41(52)56-26-31-17-19-32(20-18-31)27-57-45(54)34-16-14-13-15-33(34)42-35-21-29(5)37(48-11-2)23-39(35)58-40-24-38(49-12-3)30(6)22-36(40)42/h13-24,28,43,48H,10-12,25-27H2,1-9H3,(H,50,53)(H,51,55)/t28-,43-/m0/s1. The number of fused-ring (bicyclic) bond motifs is 2. The van der Waals surface area contributed by atoms with Crippen molar-refractivity contribution in [3.63, 3.8) is 0 Å². The lowest BCUT2D eigenvalue weighted by Gasteiger charge is -2.26. The lowest BCUT2D eigenvalue weighted by atomic mass is 9.89. The minimum absolute atomic E-state index is 0.0196. The van der Waals surface area contributed by atoms with Crippen molar-refractivity contribution >= 4 is 40.6 Å². The van der Waals surface area contributed by atoms with E-state index in [0.29, 0.717) is 35.4 Å². The molecule has 5 rings (SSSR count). The molecule has 12 heteroatoms. The molecule has 0 radical (unpaired) electrons. The predicted octanol–water partition coefficient (Wildman–Crippen LogP) is 8.63. The van der Waals surface area contributed by atoms with E-state index in [9.17, 15) is 19.2 Å². The highest BCUT2D eigenvalue weighted by atomic mass is 16.6. The quantitative estimate of drug-likeness (QED) is 0.0535. The van der Waals surface area contributed by atoms with Gasteiger partial charge in [-0.05, 0) is 100 Å². The number of benzene rings is 4. The van der Waals surface area contributed by atoms with Gasteiger partial charge in [-0.3, -0.25) is 14.6 Å². The number of hydrogen-bond acceptors (Lipinski definition) is 10. The maximum absolute atomic E-state index is 13.9. The number of amides is 2. The average Bonchev–Trinajstić information content (AvgIpc) is 3.20. The summed E-state index contributed by atoms with van der Waals surface area (Å²) in [7, 11) is 0. The first-order valence-corrected chi connectivity index (χ1v) is 20.2. The molecule has 0 unspecified atom stereocenters. The van der Waals surface area contributed by atoms with Gasteiger partial charge >= 0.3 is 18.0 Å². The number of hydrogen-bond donors (Lipinski definition) is 3. The molecule has 2 atom stereocenters. The first-order valence-electron chi connectivity index (χ1n) is 20.2. The largest absolute Gasteiger partial charge is 0.460 e. The predicted molar refractivity (Wildman–Crippen MR) is 229 cm³/mol. The SMILES string of the molecule is CCN=c1cc2oc3cc(NCC)c(C)cc3c(-c3ccccc3C(=O)OCc3ccc(COC(=O)CNC(=O)[C@@H](NC(=O)OC(C)(C)C)[C@@H](C)CC)cc3)c-2cc1C. The molecular weight excluding hydrogens is 749 g/mol. The molecule has 3 N–H and O–H groups in total. The fourth-order valence-electron chi connectivity index (χ4n) is 6.66. The van der Waals surface area contributed by atoms with Crippen molar-refractivity contribution in [1.82, 2.24) is 10.6 Å². The molecule has 3 aromatic rings. The summed E-state index contributed by atoms with van der Waals surface area (Å²) in [6.45, 7) is 18.1. The summed E-state index contributed by atoms with van der Waals surface area (Å²) >= 11 is 0. The summed E-state index contributed by atoms with van der Waals surface area (Å²) in [5.41, 5.74) is 7.32. The van der Waals surface area contributed by atoms with Gasteiger partial charge in [-0.25, -0.2) is 9.59 Å². The lowest BCUT2D eigenvalue weighted by molar-refractivity contribution is -0.145. The number of carbonyl (C=O) groups excluding carboxylic acids is 4. The number of carbonyl (C=O) groups is 4. The second kappa shape index (κ2) is 19.5. The van der Waals surface area contributed by atoms with Crippen molar-refractivity contribution < 1.29 is 37.8 Å². The first-order chi connectivity index (χ1) is 28.1. The molecule has 3 aromatic carbocycles. The Hall–Kier alpha value is -6.17. The van der Waals surface area contributed by atoms with Crippen LogP contribution in [0.2, 0.25) is 0 Å². The van der Waals surface area contributed by atoms with E-state index in [2.05, 4.69) is 40.0 Å². The number of anilines is 1. The maximum Gasteiger partial charge on any atom is 0.408 e. The van der Waals surface area contributed by atoms with Crippen LogP contribution in [0.15, 0.2) is 82.2 Å². The summed E-state index contributed by atoms with van der Waals surface area (Å²) in [5, 5.41) is 10.3. The Morgan fingerprint density at radius 1 is 0.831 bits per heavy atom. The molecule has 0 fully saturated rings. The van der Waals surface area contributed by atoms with Gasteiger partial charge in [-0.2, -0.15) is 0 Å². The van der Waals surface area contributed by atoms with Crippen LogP contribution in [0.1, 0.15) is 87.5 Å². The average molecular weight is 805 g/mol. The Bertz CT molecular complexity index is 2340. The number of ether oxygens (including phenoxy) is 3. The molecular formula is C47H56N4O8. The molecule has 0 saturated carbocycles. The minimum Gasteiger partial charge on any atom is -0.460 e. The van der Waals surface area contributed by atoms with E-state index in [1.807, 2.05) is 65.0 Å². The van der Waals surface area contributed by atoms with E-state index in [-0.39, 0.29) is 25.7 Å². The molecule has 0 spiro atoms. The molecule has 0 saturated heterocycles. The highest BCUT2D eigenvalue weighted by molar-refractivity contribution is 6.08. The molecule has 0 bridgehead atoms. The van der Waals surface area contributed by atoms with Crippen molar-refractivity contribution in [2.45, 2.75) is 93.6 Å². The number of rotatable bonds is 15. The monoisotopic (exact) mass is 804 g/mol. The third-order valence-electron chi connectivity index (χ3n) is 9.86. The first kappa shape index (κ1) is 43.9. The molecule has 1 aliphatic carbocycles. The zero-order valence-corrected chi connectivity index (χ0v) is 35.5. The van der Waals surface area contributed by atoms with E-state index in [0.717, 1.165) is 56.4 Å². The lowest BCUT2D eigenvalue weighted by Crippen LogP contribution is -2.52. The van der Waals surface area contributed by atoms with E-state index < -0.39 is 35.6 Å². The van der Waals surface area contributed by atoms with Gasteiger partial charge in [-0.1, -0.05) is 62.7 Å². The Balaban J connectivity index is 1.26. The second-order valence-corrected chi connectivity index (χ2v) is 15.6. The zero-order valence-electron chi connectivity index (χ0n) is 35.5. The van der Waals surface area contributed by atoms with E-state index in [1.165, 1.54) is 0 Å². The van der Waals surface area contributed by atoms with Crippen LogP contribution in [-0.4, -0.2) is 55.2 Å². The van der Waals surface area contributed by atoms with Crippen LogP contribution in [0.25, 0.3) is 33.4 Å². The highest BCUT2D eigenvalue weighted by Gasteiger charge is 2.29. The normalized spacial score (nSPS) is 12.8. The van der Waals surface area contributed by atoms with E-state index >= 15 is 0 Å². The molecule has 2 amide bonds. The van der Waals surface area contributed by atoms with Gasteiger partial charge in [0, 0.05) is 47.4 Å². The summed E-state index contributed by atoms with van der Waals surface area (Å²) in [5.74, 6) is -1.16. The molecule has 312 valence electrons. The van der Waals surface area contributed by atoms with Crippen molar-refractivity contribution in [2.75, 3.05) is 25.0 Å². The Morgan fingerprint density at radius 2 is 1.51 bits per heavy atom. The summed E-state index contributed by atoms with van der Waals surface area (Å²) in [6, 6.07) is 21.9. The van der Waals surface area contributed by atoms with Gasteiger partial charge < -0.3 is 34.6 Å². The van der Waals surface area contributed by atoms with Crippen LogP contribution in [0.4, 0.5) is 10.5 Å². The van der Waals surface area contributed by atoms with Crippen molar-refractivity contribution in [3.05, 3.63) is 106 Å². The van der Waals surface area contributed by atoms with Gasteiger partial charge in [0.05, 0.1) is 10.9 Å². The highest BCUT2D eigenvalue weighted by Crippen LogP contribution is 2.43. The van der Waals surface area contributed by atoms with Crippen molar-refractivity contribution in [1.29, 1.82) is 0 Å². The molecule has 1 heterocycles. The number of nitrogens with one attached hydrogen (secondary N) is 3. The zero-order chi connectivity index (χ0) is 42.9. The topological polar surface area (TPSA) is 158 Å². The van der Waals surface area contributed by atoms with Crippen LogP contribution in [0.5, 0.6) is 0 Å². The summed E-state index contributed by atoms with van der Waals surface area (Å²) < 4.78 is 23.1. The maximum atomic E-state index is 13.9. The van der Waals surface area contributed by atoms with Gasteiger partial charge in [-0.15, -0.1) is 0 Å². The minimum atomic E-state index is -0.882. The van der Waals surface area contributed by atoms with E-state index in [4.69, 9.17) is 18.6 Å². The van der Waals surface area contributed by atoms with Crippen LogP contribution in [0, 0.1) is 19.8 Å². The molecule has 0 aromatic heterocycles. The number of nitrogens with zero attached hydrogens (tertiary/aromatic N) is 1. The molecule has 2 aliphatic rings. The molecule has 1 aliphatic heterocycles. The number of aryl methyl sites for hydroxylation is 2. The van der Waals surface area contributed by atoms with Crippen LogP contribution >= 0.6 is 0 Å². The van der Waals surface area contributed by atoms with Crippen LogP contribution in [-0.2, 0) is 37.0 Å². The van der Waals surface area contributed by atoms with E-state index in [1.54, 1.807) is 51.1 Å². The van der Waals surface area contributed by atoms with Crippen LogP contribution in [0.3, 0.4) is 0 Å². The number of alkyl carbamates (subject to hydrolysis) is 1. The molecule has 59 heavy (non-hydrogen) atoms. The molecule has 12 nitrogen and oxygen atoms in total. The van der Waals surface area contributed by atoms with Gasteiger partial charge in [0.15, 0.2) is 0 Å². The summed E-state index contributed by atoms with van der Waals surface area (Å²) in [4.78, 5) is 56.3. The Labute approximate surface area is 346 Å². The van der Waals surface area contributed by atoms with Crippen molar-refractivity contribution in [2.24, 2.45) is 10.9 Å². The summed E-state index contributed by atoms with van der Waals surface area (Å²) in [6.07, 6.45) is -0.0911. The number of esters is 2. The Kier molecular flexibility index (Phi) is 14.5. The van der Waals surface area contributed by atoms with Gasteiger partial charge in [0.2, 0.25) is 5.91 Å².